The number of carbonyl (C=O) groups excluding carboxylic acids is 2. The zero-order chi connectivity index (χ0) is 18.3. The predicted octanol–water partition coefficient (Wildman–Crippen LogP) is 3.29. The van der Waals surface area contributed by atoms with E-state index in [4.69, 9.17) is 21.1 Å². The molecule has 0 saturated heterocycles. The van der Waals surface area contributed by atoms with E-state index in [1.165, 1.54) is 6.20 Å². The molecule has 26 heavy (non-hydrogen) atoms. The van der Waals surface area contributed by atoms with Crippen molar-refractivity contribution in [3.63, 3.8) is 0 Å². The quantitative estimate of drug-likeness (QED) is 0.571. The minimum Gasteiger partial charge on any atom is -0.476 e. The normalized spacial score (nSPS) is 10.4. The van der Waals surface area contributed by atoms with Crippen LogP contribution in [-0.2, 0) is 9.53 Å². The Balaban J connectivity index is 0.00000338. The molecule has 0 aliphatic rings. The number of ether oxygens (including phenoxy) is 2. The Morgan fingerprint density at radius 3 is 2.50 bits per heavy atom. The molecule has 1 amide bonds. The van der Waals surface area contributed by atoms with E-state index in [1.54, 1.807) is 56.4 Å². The van der Waals surface area contributed by atoms with Gasteiger partial charge in [0.25, 0.3) is 5.91 Å². The monoisotopic (exact) mass is 398 g/mol. The summed E-state index contributed by atoms with van der Waals surface area (Å²) >= 11 is 5.81. The predicted molar refractivity (Wildman–Crippen MR) is 101 cm³/mol. The third-order valence-corrected chi connectivity index (χ3v) is 3.47. The molecule has 0 aliphatic heterocycles. The summed E-state index contributed by atoms with van der Waals surface area (Å²) in [7, 11) is 0. The Bertz CT molecular complexity index is 722. The molecule has 1 N–H and O–H groups in total. The van der Waals surface area contributed by atoms with Gasteiger partial charge in [0.05, 0.1) is 12.1 Å². The molecular weight excluding hydrogens is 379 g/mol. The Kier molecular flexibility index (Phi) is 8.35. The van der Waals surface area contributed by atoms with Crippen LogP contribution in [0.15, 0.2) is 48.8 Å². The van der Waals surface area contributed by atoms with Crippen LogP contribution in [0.25, 0.3) is 0 Å². The van der Waals surface area contributed by atoms with Gasteiger partial charge < -0.3 is 14.8 Å². The zero-order valence-electron chi connectivity index (χ0n) is 14.4. The van der Waals surface area contributed by atoms with Crippen LogP contribution in [-0.4, -0.2) is 35.6 Å². The Morgan fingerprint density at radius 2 is 1.88 bits per heavy atom. The van der Waals surface area contributed by atoms with Crippen LogP contribution < -0.4 is 10.1 Å². The Hall–Kier alpha value is -2.31. The van der Waals surface area contributed by atoms with Gasteiger partial charge in [0, 0.05) is 17.4 Å². The first-order valence-electron chi connectivity index (χ1n) is 7.68. The fourth-order valence-electron chi connectivity index (χ4n) is 1.92. The van der Waals surface area contributed by atoms with Crippen LogP contribution in [0.4, 0.5) is 0 Å². The first-order chi connectivity index (χ1) is 11.9. The Morgan fingerprint density at radius 1 is 1.19 bits per heavy atom. The molecule has 0 aliphatic carbocycles. The lowest BCUT2D eigenvalue weighted by Crippen LogP contribution is -2.41. The number of benzene rings is 1. The van der Waals surface area contributed by atoms with Crippen molar-refractivity contribution in [2.75, 3.05) is 13.2 Å². The van der Waals surface area contributed by atoms with Crippen molar-refractivity contribution in [2.24, 2.45) is 0 Å². The number of nitrogens with one attached hydrogen (secondary N) is 1. The average Bonchev–Trinajstić information content (AvgIpc) is 2.61. The van der Waals surface area contributed by atoms with Gasteiger partial charge in [-0.05, 0) is 50.2 Å². The van der Waals surface area contributed by atoms with Crippen molar-refractivity contribution in [1.82, 2.24) is 10.3 Å². The van der Waals surface area contributed by atoms with Gasteiger partial charge >= 0.3 is 5.97 Å². The van der Waals surface area contributed by atoms with Crippen molar-refractivity contribution in [2.45, 2.75) is 19.4 Å². The molecule has 0 unspecified atom stereocenters. The molecule has 6 nitrogen and oxygen atoms in total. The van der Waals surface area contributed by atoms with Gasteiger partial charge in [0.15, 0.2) is 5.60 Å². The second-order valence-corrected chi connectivity index (χ2v) is 6.14. The fourth-order valence-corrected chi connectivity index (χ4v) is 2.05. The van der Waals surface area contributed by atoms with Gasteiger partial charge in [-0.3, -0.25) is 9.78 Å². The summed E-state index contributed by atoms with van der Waals surface area (Å²) < 4.78 is 10.8. The molecule has 0 fully saturated rings. The maximum atomic E-state index is 12.2. The number of halogens is 2. The summed E-state index contributed by atoms with van der Waals surface area (Å²) in [5, 5.41) is 3.23. The highest BCUT2D eigenvalue weighted by molar-refractivity contribution is 6.30. The van der Waals surface area contributed by atoms with Gasteiger partial charge in [0.1, 0.15) is 12.4 Å². The lowest BCUT2D eigenvalue weighted by Gasteiger charge is -2.24. The highest BCUT2D eigenvalue weighted by Gasteiger charge is 2.31. The third kappa shape index (κ3) is 6.54. The molecule has 2 aromatic rings. The number of hydrogen-bond donors (Lipinski definition) is 1. The minimum absolute atomic E-state index is 0. The number of aromatic nitrogens is 1. The van der Waals surface area contributed by atoms with Crippen LogP contribution in [0.5, 0.6) is 5.75 Å². The standard InChI is InChI=1S/C18H19ClN2O4.ClH/c1-18(2,25-15-7-5-14(19)6-8-15)17(23)24-11-10-21-16(22)13-4-3-9-20-12-13;/h3-9,12H,10-11H2,1-2H3,(H,21,22);1H. The summed E-state index contributed by atoms with van der Waals surface area (Å²) in [4.78, 5) is 27.9. The van der Waals surface area contributed by atoms with Crippen molar-refractivity contribution < 1.29 is 19.1 Å². The van der Waals surface area contributed by atoms with E-state index in [1.807, 2.05) is 0 Å². The van der Waals surface area contributed by atoms with Crippen molar-refractivity contribution in [3.05, 3.63) is 59.4 Å². The lowest BCUT2D eigenvalue weighted by atomic mass is 10.1. The maximum Gasteiger partial charge on any atom is 0.349 e. The topological polar surface area (TPSA) is 77.5 Å². The van der Waals surface area contributed by atoms with Crippen LogP contribution in [0.2, 0.25) is 5.02 Å². The molecule has 1 heterocycles. The highest BCUT2D eigenvalue weighted by Crippen LogP contribution is 2.21. The second kappa shape index (κ2) is 9.99. The van der Waals surface area contributed by atoms with Gasteiger partial charge in [-0.1, -0.05) is 11.6 Å². The lowest BCUT2D eigenvalue weighted by molar-refractivity contribution is -0.159. The summed E-state index contributed by atoms with van der Waals surface area (Å²) in [5.74, 6) is -0.296. The number of amides is 1. The molecule has 8 heteroatoms. The van der Waals surface area contributed by atoms with E-state index in [2.05, 4.69) is 10.3 Å². The van der Waals surface area contributed by atoms with E-state index < -0.39 is 11.6 Å². The third-order valence-electron chi connectivity index (χ3n) is 3.22. The SMILES string of the molecule is CC(C)(Oc1ccc(Cl)cc1)C(=O)OCCNC(=O)c1cccnc1.Cl. The molecule has 140 valence electrons. The molecular formula is C18H20Cl2N2O4. The van der Waals surface area contributed by atoms with Gasteiger partial charge in [0.2, 0.25) is 0 Å². The molecule has 0 atom stereocenters. The van der Waals surface area contributed by atoms with Crippen LogP contribution >= 0.6 is 24.0 Å². The van der Waals surface area contributed by atoms with Gasteiger partial charge in [-0.25, -0.2) is 4.79 Å². The number of nitrogens with zero attached hydrogens (tertiary/aromatic N) is 1. The average molecular weight is 399 g/mol. The first-order valence-corrected chi connectivity index (χ1v) is 8.06. The molecule has 0 radical (unpaired) electrons. The van der Waals surface area contributed by atoms with E-state index >= 15 is 0 Å². The minimum atomic E-state index is -1.17. The molecule has 0 bridgehead atoms. The van der Waals surface area contributed by atoms with Gasteiger partial charge in [-0.2, -0.15) is 0 Å². The summed E-state index contributed by atoms with van der Waals surface area (Å²) in [6.45, 7) is 3.45. The van der Waals surface area contributed by atoms with Gasteiger partial charge in [-0.15, -0.1) is 12.4 Å². The van der Waals surface area contributed by atoms with Crippen molar-refractivity contribution in [3.8, 4) is 5.75 Å². The fraction of sp³-hybridized carbons (Fsp3) is 0.278. The van der Waals surface area contributed by atoms with Crippen LogP contribution in [0, 0.1) is 0 Å². The van der Waals surface area contributed by atoms with Crippen LogP contribution in [0.1, 0.15) is 24.2 Å². The number of hydrogen-bond acceptors (Lipinski definition) is 5. The number of pyridine rings is 1. The second-order valence-electron chi connectivity index (χ2n) is 5.70. The summed E-state index contributed by atoms with van der Waals surface area (Å²) in [6.07, 6.45) is 3.05. The first kappa shape index (κ1) is 21.7. The van der Waals surface area contributed by atoms with E-state index in [0.29, 0.717) is 16.3 Å². The largest absolute Gasteiger partial charge is 0.476 e. The molecule has 0 saturated carbocycles. The molecule has 1 aromatic heterocycles. The van der Waals surface area contributed by atoms with Crippen molar-refractivity contribution in [1.29, 1.82) is 0 Å². The summed E-state index contributed by atoms with van der Waals surface area (Å²) in [6, 6.07) is 10.0. The number of rotatable bonds is 7. The van der Waals surface area contributed by atoms with E-state index in [9.17, 15) is 9.59 Å². The maximum absolute atomic E-state index is 12.2. The molecule has 2 rings (SSSR count). The molecule has 0 spiro atoms. The zero-order valence-corrected chi connectivity index (χ0v) is 16.0. The number of esters is 1. The smallest absolute Gasteiger partial charge is 0.349 e. The number of carbonyl (C=O) groups is 2. The van der Waals surface area contributed by atoms with Crippen molar-refractivity contribution >= 4 is 35.9 Å². The van der Waals surface area contributed by atoms with Crippen LogP contribution in [0.3, 0.4) is 0 Å². The highest BCUT2D eigenvalue weighted by atomic mass is 35.5. The van der Waals surface area contributed by atoms with E-state index in [0.717, 1.165) is 0 Å². The Labute approximate surface area is 163 Å². The molecule has 1 aromatic carbocycles. The summed E-state index contributed by atoms with van der Waals surface area (Å²) in [5.41, 5.74) is -0.721. The van der Waals surface area contributed by atoms with E-state index in [-0.39, 0.29) is 31.5 Å².